The average Bonchev–Trinajstić information content (AvgIpc) is 2.95. The number of benzene rings is 1. The summed E-state index contributed by atoms with van der Waals surface area (Å²) in [6.45, 7) is 5.38. The molecule has 1 aromatic carbocycles. The van der Waals surface area contributed by atoms with E-state index in [2.05, 4.69) is 17.0 Å². The Balaban J connectivity index is 1.69. The highest BCUT2D eigenvalue weighted by molar-refractivity contribution is 5.22. The molecule has 4 heteroatoms. The van der Waals surface area contributed by atoms with E-state index >= 15 is 0 Å². The molecule has 1 aromatic rings. The molecule has 2 saturated heterocycles. The summed E-state index contributed by atoms with van der Waals surface area (Å²) in [5.74, 6) is 0.195. The van der Waals surface area contributed by atoms with Gasteiger partial charge in [-0.1, -0.05) is 24.3 Å². The zero-order valence-corrected chi connectivity index (χ0v) is 13.4. The highest BCUT2D eigenvalue weighted by Crippen LogP contribution is 2.36. The normalized spacial score (nSPS) is 33.2. The third-order valence-corrected chi connectivity index (χ3v) is 5.32. The molecule has 2 fully saturated rings. The van der Waals surface area contributed by atoms with Gasteiger partial charge in [0.1, 0.15) is 0 Å². The van der Waals surface area contributed by atoms with Gasteiger partial charge in [0.25, 0.3) is 0 Å². The highest BCUT2D eigenvalue weighted by Gasteiger charge is 2.43. The summed E-state index contributed by atoms with van der Waals surface area (Å²) in [7, 11) is 0. The Kier molecular flexibility index (Phi) is 4.83. The summed E-state index contributed by atoms with van der Waals surface area (Å²) in [5, 5.41) is 19.8. The van der Waals surface area contributed by atoms with Gasteiger partial charge < -0.3 is 14.9 Å². The molecule has 0 spiro atoms. The van der Waals surface area contributed by atoms with E-state index < -0.39 is 5.60 Å². The summed E-state index contributed by atoms with van der Waals surface area (Å²) < 4.78 is 5.64. The molecule has 3 atom stereocenters. The zero-order chi connectivity index (χ0) is 15.6. The predicted molar refractivity (Wildman–Crippen MR) is 85.3 cm³/mol. The smallest absolute Gasteiger partial charge is 0.0706 e. The maximum absolute atomic E-state index is 10.7. The lowest BCUT2D eigenvalue weighted by molar-refractivity contribution is -0.123. The zero-order valence-electron chi connectivity index (χ0n) is 13.4. The van der Waals surface area contributed by atoms with Gasteiger partial charge in [0.15, 0.2) is 0 Å². The van der Waals surface area contributed by atoms with Crippen LogP contribution in [-0.4, -0.2) is 46.5 Å². The Bertz CT molecular complexity index is 486. The molecule has 0 radical (unpaired) electrons. The Morgan fingerprint density at radius 2 is 2.00 bits per heavy atom. The van der Waals surface area contributed by atoms with E-state index in [1.165, 1.54) is 12.0 Å². The third kappa shape index (κ3) is 3.35. The topological polar surface area (TPSA) is 52.9 Å². The predicted octanol–water partition coefficient (Wildman–Crippen LogP) is 1.93. The standard InChI is InChI=1S/C18H27NO3/c1-18(21)8-10-22-13-16(18)17-3-2-9-19(17)11-14-4-6-15(12-20)7-5-14/h4-7,16-17,20-21H,2-3,8-13H2,1H3/t16-,17-,18+/m1/s1. The van der Waals surface area contributed by atoms with Crippen LogP contribution in [-0.2, 0) is 17.9 Å². The van der Waals surface area contributed by atoms with Gasteiger partial charge in [0.2, 0.25) is 0 Å². The Morgan fingerprint density at radius 1 is 1.27 bits per heavy atom. The fraction of sp³-hybridized carbons (Fsp3) is 0.667. The van der Waals surface area contributed by atoms with Gasteiger partial charge >= 0.3 is 0 Å². The molecule has 122 valence electrons. The van der Waals surface area contributed by atoms with Gasteiger partial charge in [-0.05, 0) is 43.9 Å². The van der Waals surface area contributed by atoms with Crippen LogP contribution in [0.2, 0.25) is 0 Å². The molecule has 22 heavy (non-hydrogen) atoms. The number of rotatable bonds is 4. The van der Waals surface area contributed by atoms with E-state index in [1.807, 2.05) is 19.1 Å². The molecule has 2 aliphatic rings. The van der Waals surface area contributed by atoms with Gasteiger partial charge in [-0.2, -0.15) is 0 Å². The van der Waals surface area contributed by atoms with Crippen molar-refractivity contribution in [2.75, 3.05) is 19.8 Å². The molecular formula is C18H27NO3. The van der Waals surface area contributed by atoms with Crippen molar-refractivity contribution in [1.82, 2.24) is 4.90 Å². The maximum Gasteiger partial charge on any atom is 0.0706 e. The molecule has 0 unspecified atom stereocenters. The number of hydrogen-bond acceptors (Lipinski definition) is 4. The number of likely N-dealkylation sites (tertiary alicyclic amines) is 1. The molecule has 0 aliphatic carbocycles. The van der Waals surface area contributed by atoms with E-state index in [0.717, 1.165) is 31.5 Å². The number of ether oxygens (including phenoxy) is 1. The van der Waals surface area contributed by atoms with Crippen molar-refractivity contribution in [3.05, 3.63) is 35.4 Å². The number of aliphatic hydroxyl groups excluding tert-OH is 1. The van der Waals surface area contributed by atoms with Crippen molar-refractivity contribution in [1.29, 1.82) is 0 Å². The Morgan fingerprint density at radius 3 is 2.68 bits per heavy atom. The Hall–Kier alpha value is -0.940. The maximum atomic E-state index is 10.7. The third-order valence-electron chi connectivity index (χ3n) is 5.32. The van der Waals surface area contributed by atoms with E-state index in [9.17, 15) is 5.11 Å². The van der Waals surface area contributed by atoms with E-state index in [-0.39, 0.29) is 12.5 Å². The van der Waals surface area contributed by atoms with Crippen LogP contribution in [0.25, 0.3) is 0 Å². The molecule has 4 nitrogen and oxygen atoms in total. The molecule has 2 N–H and O–H groups in total. The molecule has 0 bridgehead atoms. The lowest BCUT2D eigenvalue weighted by Crippen LogP contribution is -2.52. The van der Waals surface area contributed by atoms with Crippen molar-refractivity contribution in [2.24, 2.45) is 5.92 Å². The van der Waals surface area contributed by atoms with Crippen LogP contribution in [0.3, 0.4) is 0 Å². The van der Waals surface area contributed by atoms with Crippen molar-refractivity contribution < 1.29 is 14.9 Å². The second-order valence-electron chi connectivity index (χ2n) is 6.94. The van der Waals surface area contributed by atoms with E-state index in [1.54, 1.807) is 0 Å². The van der Waals surface area contributed by atoms with Crippen LogP contribution < -0.4 is 0 Å². The molecule has 0 saturated carbocycles. The van der Waals surface area contributed by atoms with Crippen molar-refractivity contribution in [2.45, 2.75) is 51.0 Å². The van der Waals surface area contributed by atoms with Gasteiger partial charge in [-0.3, -0.25) is 4.90 Å². The average molecular weight is 305 g/mol. The monoisotopic (exact) mass is 305 g/mol. The first-order valence-electron chi connectivity index (χ1n) is 8.33. The second kappa shape index (κ2) is 6.67. The molecule has 0 amide bonds. The van der Waals surface area contributed by atoms with Crippen LogP contribution in [0.5, 0.6) is 0 Å². The van der Waals surface area contributed by atoms with Crippen LogP contribution in [0.4, 0.5) is 0 Å². The minimum atomic E-state index is -0.619. The van der Waals surface area contributed by atoms with Crippen molar-refractivity contribution in [3.8, 4) is 0 Å². The van der Waals surface area contributed by atoms with Gasteiger partial charge in [0.05, 0.1) is 18.8 Å². The lowest BCUT2D eigenvalue weighted by atomic mass is 9.79. The summed E-state index contributed by atoms with van der Waals surface area (Å²) >= 11 is 0. The quantitative estimate of drug-likeness (QED) is 0.892. The first kappa shape index (κ1) is 15.9. The first-order valence-corrected chi connectivity index (χ1v) is 8.33. The molecule has 2 aliphatic heterocycles. The van der Waals surface area contributed by atoms with Crippen LogP contribution >= 0.6 is 0 Å². The van der Waals surface area contributed by atoms with Gasteiger partial charge in [-0.15, -0.1) is 0 Å². The lowest BCUT2D eigenvalue weighted by Gasteiger charge is -2.43. The second-order valence-corrected chi connectivity index (χ2v) is 6.94. The summed E-state index contributed by atoms with van der Waals surface area (Å²) in [6, 6.07) is 8.56. The molecular weight excluding hydrogens is 278 g/mol. The molecule has 2 heterocycles. The minimum Gasteiger partial charge on any atom is -0.392 e. The number of aliphatic hydroxyl groups is 2. The van der Waals surface area contributed by atoms with Crippen LogP contribution in [0, 0.1) is 5.92 Å². The highest BCUT2D eigenvalue weighted by atomic mass is 16.5. The van der Waals surface area contributed by atoms with E-state index in [4.69, 9.17) is 9.84 Å². The first-order chi connectivity index (χ1) is 10.6. The Labute approximate surface area is 132 Å². The molecule has 3 rings (SSSR count). The summed E-state index contributed by atoms with van der Waals surface area (Å²) in [4.78, 5) is 2.49. The van der Waals surface area contributed by atoms with Crippen LogP contribution in [0.1, 0.15) is 37.3 Å². The number of hydrogen-bond donors (Lipinski definition) is 2. The van der Waals surface area contributed by atoms with Gasteiger partial charge in [-0.25, -0.2) is 0 Å². The molecule has 0 aromatic heterocycles. The van der Waals surface area contributed by atoms with Crippen LogP contribution in [0.15, 0.2) is 24.3 Å². The largest absolute Gasteiger partial charge is 0.392 e. The fourth-order valence-corrected chi connectivity index (χ4v) is 3.87. The van der Waals surface area contributed by atoms with Crippen molar-refractivity contribution >= 4 is 0 Å². The SMILES string of the molecule is C[C@]1(O)CCOC[C@@H]1[C@H]1CCCN1Cc1ccc(CO)cc1. The number of nitrogens with zero attached hydrogens (tertiary/aromatic N) is 1. The summed E-state index contributed by atoms with van der Waals surface area (Å²) in [5.41, 5.74) is 1.59. The fourth-order valence-electron chi connectivity index (χ4n) is 3.87. The van der Waals surface area contributed by atoms with Gasteiger partial charge in [0, 0.05) is 25.1 Å². The van der Waals surface area contributed by atoms with Crippen molar-refractivity contribution in [3.63, 3.8) is 0 Å². The minimum absolute atomic E-state index is 0.0922. The van der Waals surface area contributed by atoms with E-state index in [0.29, 0.717) is 19.3 Å². The summed E-state index contributed by atoms with van der Waals surface area (Å²) in [6.07, 6.45) is 3.05.